The first-order chi connectivity index (χ1) is 13.6. The molecule has 2 aromatic heterocycles. The smallest absolute Gasteiger partial charge is 0.345 e. The van der Waals surface area contributed by atoms with Crippen LogP contribution in [0.4, 0.5) is 0 Å². The van der Waals surface area contributed by atoms with E-state index in [0.29, 0.717) is 22.4 Å². The first-order valence-electron chi connectivity index (χ1n) is 8.39. The number of rotatable bonds is 4. The van der Waals surface area contributed by atoms with Crippen LogP contribution in [0.1, 0.15) is 5.56 Å². The number of hydrazone groups is 1. The molecule has 0 spiro atoms. The minimum Gasteiger partial charge on any atom is -0.422 e. The van der Waals surface area contributed by atoms with Gasteiger partial charge in [-0.25, -0.2) is 9.48 Å². The molecule has 0 aliphatic heterocycles. The topological polar surface area (TPSA) is 98.4 Å². The van der Waals surface area contributed by atoms with E-state index in [1.54, 1.807) is 23.0 Å². The van der Waals surface area contributed by atoms with Crippen LogP contribution in [0.5, 0.6) is 0 Å². The number of nitrogens with zero attached hydrogens (tertiary/aromatic N) is 3. The van der Waals surface area contributed by atoms with Crippen LogP contribution < -0.4 is 16.8 Å². The van der Waals surface area contributed by atoms with E-state index in [0.717, 1.165) is 11.1 Å². The third-order valence-corrected chi connectivity index (χ3v) is 4.13. The molecule has 0 unspecified atom stereocenters. The van der Waals surface area contributed by atoms with Crippen molar-refractivity contribution in [1.29, 1.82) is 0 Å². The molecule has 0 aliphatic carbocycles. The molecule has 2 heterocycles. The number of hydrogen-bond donors (Lipinski definition) is 2. The fourth-order valence-corrected chi connectivity index (χ4v) is 2.85. The maximum Gasteiger partial charge on any atom is 0.345 e. The number of aromatic nitrogens is 2. The Kier molecular flexibility index (Phi) is 4.69. The van der Waals surface area contributed by atoms with Crippen LogP contribution >= 0.6 is 12.2 Å². The van der Waals surface area contributed by atoms with Crippen LogP contribution in [0.3, 0.4) is 0 Å². The van der Waals surface area contributed by atoms with Gasteiger partial charge in [-0.05, 0) is 36.5 Å². The molecule has 4 rings (SSSR count). The highest BCUT2D eigenvalue weighted by Crippen LogP contribution is 2.23. The first kappa shape index (κ1) is 17.6. The molecule has 28 heavy (non-hydrogen) atoms. The second-order valence-corrected chi connectivity index (χ2v) is 6.37. The molecule has 0 amide bonds. The van der Waals surface area contributed by atoms with Gasteiger partial charge in [-0.3, -0.25) is 5.43 Å². The molecule has 0 atom stereocenters. The molecular formula is C20H15N5O2S. The van der Waals surface area contributed by atoms with E-state index in [1.807, 2.05) is 48.5 Å². The van der Waals surface area contributed by atoms with Gasteiger partial charge in [-0.2, -0.15) is 10.2 Å². The van der Waals surface area contributed by atoms with Crippen LogP contribution in [-0.2, 0) is 0 Å². The van der Waals surface area contributed by atoms with Gasteiger partial charge in [-0.1, -0.05) is 36.4 Å². The molecule has 0 radical (unpaired) electrons. The van der Waals surface area contributed by atoms with Gasteiger partial charge < -0.3 is 10.2 Å². The van der Waals surface area contributed by atoms with Gasteiger partial charge in [0, 0.05) is 17.1 Å². The zero-order valence-electron chi connectivity index (χ0n) is 14.6. The maximum absolute atomic E-state index is 12.6. The van der Waals surface area contributed by atoms with Crippen molar-refractivity contribution in [2.24, 2.45) is 10.8 Å². The van der Waals surface area contributed by atoms with Crippen molar-refractivity contribution in [1.82, 2.24) is 15.2 Å². The van der Waals surface area contributed by atoms with Crippen molar-refractivity contribution < 1.29 is 4.42 Å². The van der Waals surface area contributed by atoms with Crippen LogP contribution in [0.25, 0.3) is 27.9 Å². The molecular weight excluding hydrogens is 374 g/mol. The number of para-hydroxylation sites is 2. The zero-order chi connectivity index (χ0) is 19.5. The molecule has 0 fully saturated rings. The summed E-state index contributed by atoms with van der Waals surface area (Å²) in [5.41, 5.74) is 10.2. The lowest BCUT2D eigenvalue weighted by Crippen LogP contribution is -2.24. The third-order valence-electron chi connectivity index (χ3n) is 4.04. The van der Waals surface area contributed by atoms with Gasteiger partial charge in [0.1, 0.15) is 11.3 Å². The van der Waals surface area contributed by atoms with Gasteiger partial charge >= 0.3 is 5.63 Å². The number of hydrogen-bond acceptors (Lipinski definition) is 5. The van der Waals surface area contributed by atoms with Crippen molar-refractivity contribution in [3.8, 4) is 16.9 Å². The highest BCUT2D eigenvalue weighted by atomic mass is 32.1. The summed E-state index contributed by atoms with van der Waals surface area (Å²) >= 11 is 4.76. The largest absolute Gasteiger partial charge is 0.422 e. The molecule has 8 heteroatoms. The summed E-state index contributed by atoms with van der Waals surface area (Å²) in [6, 6.07) is 18.6. The minimum absolute atomic E-state index is 0.0403. The molecule has 0 saturated carbocycles. The van der Waals surface area contributed by atoms with Crippen LogP contribution in [0.2, 0.25) is 0 Å². The molecule has 138 valence electrons. The van der Waals surface area contributed by atoms with Crippen LogP contribution in [0.15, 0.2) is 81.2 Å². The molecule has 2 aromatic carbocycles. The Morgan fingerprint density at radius 3 is 2.71 bits per heavy atom. The SMILES string of the molecule is NC(=S)N/N=C/c1cn(-c2ccccc2)nc1-c1cc2ccccc2oc1=O. The van der Waals surface area contributed by atoms with E-state index < -0.39 is 5.63 Å². The lowest BCUT2D eigenvalue weighted by molar-refractivity contribution is 0.563. The second kappa shape index (κ2) is 7.45. The first-order valence-corrected chi connectivity index (χ1v) is 8.79. The average molecular weight is 389 g/mol. The quantitative estimate of drug-likeness (QED) is 0.241. The Morgan fingerprint density at radius 2 is 1.93 bits per heavy atom. The van der Waals surface area contributed by atoms with E-state index in [1.165, 1.54) is 6.21 Å². The maximum atomic E-state index is 12.6. The summed E-state index contributed by atoms with van der Waals surface area (Å²) in [6.45, 7) is 0. The van der Waals surface area contributed by atoms with Gasteiger partial charge in [0.15, 0.2) is 5.11 Å². The Bertz CT molecular complexity index is 1240. The monoisotopic (exact) mass is 389 g/mol. The van der Waals surface area contributed by atoms with E-state index in [9.17, 15) is 4.79 Å². The van der Waals surface area contributed by atoms with E-state index in [-0.39, 0.29) is 5.11 Å². The zero-order valence-corrected chi connectivity index (χ0v) is 15.4. The van der Waals surface area contributed by atoms with Crippen molar-refractivity contribution in [2.45, 2.75) is 0 Å². The minimum atomic E-state index is -0.478. The van der Waals surface area contributed by atoms with Crippen molar-refractivity contribution in [2.75, 3.05) is 0 Å². The van der Waals surface area contributed by atoms with E-state index in [4.69, 9.17) is 22.4 Å². The second-order valence-electron chi connectivity index (χ2n) is 5.93. The number of nitrogens with one attached hydrogen (secondary N) is 1. The van der Waals surface area contributed by atoms with Crippen molar-refractivity contribution in [3.63, 3.8) is 0 Å². The van der Waals surface area contributed by atoms with Gasteiger partial charge in [0.25, 0.3) is 0 Å². The van der Waals surface area contributed by atoms with Gasteiger partial charge in [0.2, 0.25) is 0 Å². The highest BCUT2D eigenvalue weighted by molar-refractivity contribution is 7.80. The lowest BCUT2D eigenvalue weighted by Gasteiger charge is -2.01. The van der Waals surface area contributed by atoms with Gasteiger partial charge in [-0.15, -0.1) is 0 Å². The summed E-state index contributed by atoms with van der Waals surface area (Å²) < 4.78 is 7.13. The average Bonchev–Trinajstić information content (AvgIpc) is 3.12. The Labute approximate surface area is 165 Å². The Morgan fingerprint density at radius 1 is 1.18 bits per heavy atom. The van der Waals surface area contributed by atoms with E-state index >= 15 is 0 Å². The molecule has 0 aliphatic rings. The molecule has 4 aromatic rings. The standard InChI is InChI=1S/C20H15N5O2S/c21-20(28)23-22-11-14-12-25(15-7-2-1-3-8-15)24-18(14)16-10-13-6-4-5-9-17(13)27-19(16)26/h1-12H,(H3,21,23,28)/b22-11+. The van der Waals surface area contributed by atoms with Crippen molar-refractivity contribution in [3.05, 3.63) is 82.8 Å². The van der Waals surface area contributed by atoms with Gasteiger partial charge in [0.05, 0.1) is 17.5 Å². The highest BCUT2D eigenvalue weighted by Gasteiger charge is 2.16. The summed E-state index contributed by atoms with van der Waals surface area (Å²) in [6.07, 6.45) is 3.28. The fourth-order valence-electron chi connectivity index (χ4n) is 2.80. The third kappa shape index (κ3) is 3.53. The number of thiocarbonyl (C=S) groups is 1. The number of benzene rings is 2. The molecule has 0 bridgehead atoms. The molecule has 0 saturated heterocycles. The molecule has 7 nitrogen and oxygen atoms in total. The summed E-state index contributed by atoms with van der Waals surface area (Å²) in [5.74, 6) is 0. The number of fused-ring (bicyclic) bond motifs is 1. The van der Waals surface area contributed by atoms with Crippen LogP contribution in [0, 0.1) is 0 Å². The lowest BCUT2D eigenvalue weighted by atomic mass is 10.1. The summed E-state index contributed by atoms with van der Waals surface area (Å²) in [5, 5.41) is 9.43. The predicted octanol–water partition coefficient (Wildman–Crippen LogP) is 2.81. The predicted molar refractivity (Wildman–Crippen MR) is 113 cm³/mol. The van der Waals surface area contributed by atoms with Crippen molar-refractivity contribution >= 4 is 34.5 Å². The Hall–Kier alpha value is -3.78. The fraction of sp³-hybridized carbons (Fsp3) is 0. The normalized spacial score (nSPS) is 11.1. The molecule has 3 N–H and O–H groups in total. The van der Waals surface area contributed by atoms with Crippen LogP contribution in [-0.4, -0.2) is 21.1 Å². The summed E-state index contributed by atoms with van der Waals surface area (Å²) in [7, 11) is 0. The summed E-state index contributed by atoms with van der Waals surface area (Å²) in [4.78, 5) is 12.6. The van der Waals surface area contributed by atoms with E-state index in [2.05, 4.69) is 15.6 Å². The number of nitrogens with two attached hydrogens (primary N) is 1. The Balaban J connectivity index is 1.88.